The van der Waals surface area contributed by atoms with Crippen molar-refractivity contribution < 1.29 is 23.9 Å². The van der Waals surface area contributed by atoms with E-state index < -0.39 is 23.6 Å². The summed E-state index contributed by atoms with van der Waals surface area (Å²) in [7, 11) is 0. The van der Waals surface area contributed by atoms with E-state index in [9.17, 15) is 18.8 Å². The van der Waals surface area contributed by atoms with Crippen LogP contribution in [0.2, 0.25) is 0 Å². The third kappa shape index (κ3) is 1.86. The molecule has 2 amide bonds. The largest absolute Gasteiger partial charge is 0.478 e. The first-order valence-corrected chi connectivity index (χ1v) is 5.87. The molecule has 1 aromatic carbocycles. The predicted octanol–water partition coefficient (Wildman–Crippen LogP) is 1.72. The second kappa shape index (κ2) is 4.48. The van der Waals surface area contributed by atoms with Gasteiger partial charge in [0.15, 0.2) is 0 Å². The molecule has 0 unspecified atom stereocenters. The summed E-state index contributed by atoms with van der Waals surface area (Å²) < 4.78 is 13.4. The molecular weight excluding hydrogens is 279 g/mol. The molecule has 0 saturated heterocycles. The lowest BCUT2D eigenvalue weighted by Gasteiger charge is -2.16. The molecule has 0 atom stereocenters. The number of nitrogens with zero attached hydrogens (tertiary/aromatic N) is 2. The molecule has 1 aromatic heterocycles. The highest BCUT2D eigenvalue weighted by Crippen LogP contribution is 2.30. The van der Waals surface area contributed by atoms with E-state index in [4.69, 9.17) is 5.11 Å². The van der Waals surface area contributed by atoms with Crippen molar-refractivity contribution in [1.82, 2.24) is 4.98 Å². The van der Waals surface area contributed by atoms with Crippen LogP contribution < -0.4 is 4.90 Å². The number of rotatable bonds is 2. The molecule has 21 heavy (non-hydrogen) atoms. The van der Waals surface area contributed by atoms with Gasteiger partial charge in [0.05, 0.1) is 16.8 Å². The van der Waals surface area contributed by atoms with Crippen molar-refractivity contribution in [1.29, 1.82) is 0 Å². The van der Waals surface area contributed by atoms with E-state index in [0.717, 1.165) is 18.2 Å². The summed E-state index contributed by atoms with van der Waals surface area (Å²) >= 11 is 0. The number of imide groups is 1. The summed E-state index contributed by atoms with van der Waals surface area (Å²) in [6.45, 7) is 0. The number of aromatic nitrogens is 1. The molecule has 0 spiro atoms. The highest BCUT2D eigenvalue weighted by atomic mass is 19.1. The van der Waals surface area contributed by atoms with Gasteiger partial charge in [0.25, 0.3) is 11.8 Å². The number of carboxylic acids is 1. The zero-order valence-electron chi connectivity index (χ0n) is 10.4. The van der Waals surface area contributed by atoms with Gasteiger partial charge in [-0.2, -0.15) is 0 Å². The van der Waals surface area contributed by atoms with Gasteiger partial charge in [0.2, 0.25) is 0 Å². The van der Waals surface area contributed by atoms with E-state index in [1.165, 1.54) is 18.3 Å². The van der Waals surface area contributed by atoms with Crippen LogP contribution in [0.1, 0.15) is 31.2 Å². The van der Waals surface area contributed by atoms with Crippen molar-refractivity contribution in [3.8, 4) is 0 Å². The molecule has 0 fully saturated rings. The Morgan fingerprint density at radius 2 is 1.95 bits per heavy atom. The molecule has 0 radical (unpaired) electrons. The first-order chi connectivity index (χ1) is 10.0. The normalized spacial score (nSPS) is 13.5. The topological polar surface area (TPSA) is 87.6 Å². The van der Waals surface area contributed by atoms with Crippen LogP contribution >= 0.6 is 0 Å². The Bertz CT molecular complexity index is 768. The number of carbonyl (C=O) groups is 3. The van der Waals surface area contributed by atoms with Crippen LogP contribution in [-0.4, -0.2) is 27.9 Å². The highest BCUT2D eigenvalue weighted by Gasteiger charge is 2.39. The van der Waals surface area contributed by atoms with Gasteiger partial charge >= 0.3 is 5.97 Å². The number of benzene rings is 1. The number of anilines is 1. The number of hydrogen-bond donors (Lipinski definition) is 1. The number of amides is 2. The summed E-state index contributed by atoms with van der Waals surface area (Å²) in [6.07, 6.45) is 1.34. The van der Waals surface area contributed by atoms with Gasteiger partial charge in [-0.05, 0) is 30.3 Å². The minimum Gasteiger partial charge on any atom is -0.478 e. The molecule has 1 aliphatic heterocycles. The summed E-state index contributed by atoms with van der Waals surface area (Å²) in [5.41, 5.74) is -0.674. The van der Waals surface area contributed by atoms with Crippen LogP contribution in [0.3, 0.4) is 0 Å². The minimum absolute atomic E-state index is 0.0584. The number of hydrogen-bond acceptors (Lipinski definition) is 4. The highest BCUT2D eigenvalue weighted by molar-refractivity contribution is 6.34. The van der Waals surface area contributed by atoms with Gasteiger partial charge in [0.1, 0.15) is 11.5 Å². The smallest absolute Gasteiger partial charge is 0.337 e. The standard InChI is InChI=1S/C14H7FN2O4/c15-7-3-4-8(14(20)21)10(6-7)17-12(18)9-2-1-5-16-11(9)13(17)19/h1-6H,(H,20,21). The van der Waals surface area contributed by atoms with Gasteiger partial charge in [-0.25, -0.2) is 14.1 Å². The summed E-state index contributed by atoms with van der Waals surface area (Å²) in [5, 5.41) is 9.12. The average Bonchev–Trinajstić information content (AvgIpc) is 2.71. The molecule has 1 aliphatic rings. The lowest BCUT2D eigenvalue weighted by Crippen LogP contribution is -2.31. The molecule has 6 nitrogen and oxygen atoms in total. The SMILES string of the molecule is O=C(O)c1ccc(F)cc1N1C(=O)c2cccnc2C1=O. The molecule has 3 rings (SSSR count). The maximum absolute atomic E-state index is 13.4. The lowest BCUT2D eigenvalue weighted by atomic mass is 10.1. The van der Waals surface area contributed by atoms with Gasteiger partial charge in [0, 0.05) is 6.20 Å². The molecule has 7 heteroatoms. The maximum atomic E-state index is 13.4. The second-order valence-corrected chi connectivity index (χ2v) is 4.31. The van der Waals surface area contributed by atoms with Crippen LogP contribution in [0.25, 0.3) is 0 Å². The van der Waals surface area contributed by atoms with Crippen LogP contribution in [0, 0.1) is 5.82 Å². The van der Waals surface area contributed by atoms with Crippen LogP contribution in [0.15, 0.2) is 36.5 Å². The molecule has 0 bridgehead atoms. The van der Waals surface area contributed by atoms with E-state index in [-0.39, 0.29) is 22.5 Å². The fourth-order valence-electron chi connectivity index (χ4n) is 2.16. The molecule has 104 valence electrons. The first kappa shape index (κ1) is 12.9. The summed E-state index contributed by atoms with van der Waals surface area (Å²) in [5.74, 6) is -3.62. The van der Waals surface area contributed by atoms with Crippen LogP contribution in [-0.2, 0) is 0 Å². The zero-order valence-corrected chi connectivity index (χ0v) is 10.4. The predicted molar refractivity (Wildman–Crippen MR) is 68.7 cm³/mol. The molecule has 0 aliphatic carbocycles. The molecule has 2 heterocycles. The van der Waals surface area contributed by atoms with Crippen molar-refractivity contribution in [3.05, 3.63) is 59.2 Å². The molecule has 2 aromatic rings. The number of carboxylic acid groups (broad SMARTS) is 1. The van der Waals surface area contributed by atoms with Crippen molar-refractivity contribution >= 4 is 23.5 Å². The van der Waals surface area contributed by atoms with Crippen molar-refractivity contribution in [3.63, 3.8) is 0 Å². The number of aromatic carboxylic acids is 1. The number of carbonyl (C=O) groups excluding carboxylic acids is 2. The Balaban J connectivity index is 2.20. The quantitative estimate of drug-likeness (QED) is 0.849. The Morgan fingerprint density at radius 1 is 1.19 bits per heavy atom. The first-order valence-electron chi connectivity index (χ1n) is 5.87. The van der Waals surface area contributed by atoms with Gasteiger partial charge in [-0.15, -0.1) is 0 Å². The Kier molecular flexibility index (Phi) is 2.76. The van der Waals surface area contributed by atoms with Crippen molar-refractivity contribution in [2.24, 2.45) is 0 Å². The second-order valence-electron chi connectivity index (χ2n) is 4.31. The van der Waals surface area contributed by atoms with Gasteiger partial charge in [-0.3, -0.25) is 14.6 Å². The van der Waals surface area contributed by atoms with E-state index in [0.29, 0.717) is 4.90 Å². The fourth-order valence-corrected chi connectivity index (χ4v) is 2.16. The van der Waals surface area contributed by atoms with Crippen LogP contribution in [0.5, 0.6) is 0 Å². The van der Waals surface area contributed by atoms with Crippen molar-refractivity contribution in [2.45, 2.75) is 0 Å². The number of pyridine rings is 1. The Hall–Kier alpha value is -3.09. The third-order valence-electron chi connectivity index (χ3n) is 3.08. The van der Waals surface area contributed by atoms with Crippen LogP contribution in [0.4, 0.5) is 10.1 Å². The molecule has 1 N–H and O–H groups in total. The van der Waals surface area contributed by atoms with E-state index >= 15 is 0 Å². The molecular formula is C14H7FN2O4. The van der Waals surface area contributed by atoms with Gasteiger partial charge < -0.3 is 5.11 Å². The Labute approximate surface area is 117 Å². The lowest BCUT2D eigenvalue weighted by molar-refractivity contribution is 0.0698. The monoisotopic (exact) mass is 286 g/mol. The summed E-state index contributed by atoms with van der Waals surface area (Å²) in [6, 6.07) is 5.68. The number of fused-ring (bicyclic) bond motifs is 1. The van der Waals surface area contributed by atoms with Crippen molar-refractivity contribution in [2.75, 3.05) is 4.90 Å². The van der Waals surface area contributed by atoms with E-state index in [2.05, 4.69) is 4.98 Å². The number of halogens is 1. The Morgan fingerprint density at radius 3 is 2.62 bits per heavy atom. The third-order valence-corrected chi connectivity index (χ3v) is 3.08. The minimum atomic E-state index is -1.37. The zero-order chi connectivity index (χ0) is 15.1. The van der Waals surface area contributed by atoms with E-state index in [1.54, 1.807) is 0 Å². The maximum Gasteiger partial charge on any atom is 0.337 e. The summed E-state index contributed by atoms with van der Waals surface area (Å²) in [4.78, 5) is 40.1. The molecule has 0 saturated carbocycles. The fraction of sp³-hybridized carbons (Fsp3) is 0. The average molecular weight is 286 g/mol. The van der Waals surface area contributed by atoms with E-state index in [1.807, 2.05) is 0 Å². The van der Waals surface area contributed by atoms with Gasteiger partial charge in [-0.1, -0.05) is 0 Å².